The van der Waals surface area contributed by atoms with Crippen LogP contribution < -0.4 is 0 Å². The van der Waals surface area contributed by atoms with E-state index in [0.717, 1.165) is 12.8 Å². The standard InChI is InChI=1S/C13H23F5O3/c1-5-6-7-8-9-10(14)11(15,16)12(17,18)13(19-2,20-3)21-4/h10H,5-9H2,1-4H3. The van der Waals surface area contributed by atoms with E-state index in [4.69, 9.17) is 0 Å². The average molecular weight is 322 g/mol. The van der Waals surface area contributed by atoms with Crippen molar-refractivity contribution in [2.75, 3.05) is 21.3 Å². The smallest absolute Gasteiger partial charge is 0.326 e. The summed E-state index contributed by atoms with van der Waals surface area (Å²) in [5.74, 6) is -13.3. The highest BCUT2D eigenvalue weighted by molar-refractivity contribution is 4.97. The van der Waals surface area contributed by atoms with Gasteiger partial charge in [-0.2, -0.15) is 17.6 Å². The molecule has 0 aliphatic carbocycles. The largest absolute Gasteiger partial charge is 0.392 e. The van der Waals surface area contributed by atoms with Crippen LogP contribution in [0, 0.1) is 0 Å². The Hall–Kier alpha value is -0.470. The highest BCUT2D eigenvalue weighted by Crippen LogP contribution is 2.48. The Morgan fingerprint density at radius 1 is 0.857 bits per heavy atom. The Morgan fingerprint density at radius 3 is 1.71 bits per heavy atom. The zero-order valence-electron chi connectivity index (χ0n) is 12.7. The van der Waals surface area contributed by atoms with Crippen LogP contribution in [0.25, 0.3) is 0 Å². The molecule has 21 heavy (non-hydrogen) atoms. The van der Waals surface area contributed by atoms with Crippen molar-refractivity contribution in [3.63, 3.8) is 0 Å². The van der Waals surface area contributed by atoms with Gasteiger partial charge in [-0.15, -0.1) is 0 Å². The first kappa shape index (κ1) is 20.5. The lowest BCUT2D eigenvalue weighted by Crippen LogP contribution is -2.64. The number of alkyl halides is 5. The zero-order valence-corrected chi connectivity index (χ0v) is 12.7. The van der Waals surface area contributed by atoms with Crippen molar-refractivity contribution in [1.82, 2.24) is 0 Å². The van der Waals surface area contributed by atoms with Crippen LogP contribution in [0.15, 0.2) is 0 Å². The Labute approximate surface area is 121 Å². The normalized spacial score (nSPS) is 15.3. The maximum atomic E-state index is 14.0. The quantitative estimate of drug-likeness (QED) is 0.325. The van der Waals surface area contributed by atoms with Crippen LogP contribution in [0.1, 0.15) is 39.0 Å². The predicted octanol–water partition coefficient (Wildman–Crippen LogP) is 4.16. The Balaban J connectivity index is 5.07. The van der Waals surface area contributed by atoms with Gasteiger partial charge in [0.25, 0.3) is 0 Å². The monoisotopic (exact) mass is 322 g/mol. The van der Waals surface area contributed by atoms with E-state index >= 15 is 0 Å². The Kier molecular flexibility index (Phi) is 8.05. The SMILES string of the molecule is CCCCCCC(F)C(F)(F)C(F)(F)C(OC)(OC)OC. The summed E-state index contributed by atoms with van der Waals surface area (Å²) in [4.78, 5) is 0. The Bertz CT molecular complexity index is 287. The molecule has 0 aliphatic rings. The molecule has 0 saturated heterocycles. The summed E-state index contributed by atoms with van der Waals surface area (Å²) in [6.45, 7) is 1.89. The second-order valence-electron chi connectivity index (χ2n) is 4.68. The molecule has 0 aliphatic heterocycles. The first-order chi connectivity index (χ1) is 9.66. The molecule has 0 radical (unpaired) electrons. The number of halogens is 5. The number of methoxy groups -OCH3 is 3. The number of rotatable bonds is 11. The molecule has 1 unspecified atom stereocenters. The summed E-state index contributed by atoms with van der Waals surface area (Å²) in [6.07, 6.45) is -1.54. The molecule has 0 bridgehead atoms. The van der Waals surface area contributed by atoms with Gasteiger partial charge in [-0.3, -0.25) is 0 Å². The number of unbranched alkanes of at least 4 members (excludes halogenated alkanes) is 3. The van der Waals surface area contributed by atoms with Crippen molar-refractivity contribution in [1.29, 1.82) is 0 Å². The molecule has 8 heteroatoms. The van der Waals surface area contributed by atoms with Crippen LogP contribution in [0.4, 0.5) is 22.0 Å². The van der Waals surface area contributed by atoms with E-state index in [2.05, 4.69) is 14.2 Å². The summed E-state index contributed by atoms with van der Waals surface area (Å²) in [5.41, 5.74) is 0. The molecular formula is C13H23F5O3. The molecular weight excluding hydrogens is 299 g/mol. The predicted molar refractivity (Wildman–Crippen MR) is 67.3 cm³/mol. The van der Waals surface area contributed by atoms with Gasteiger partial charge in [0.15, 0.2) is 6.17 Å². The molecule has 0 aromatic rings. The molecule has 1 atom stereocenters. The van der Waals surface area contributed by atoms with Gasteiger partial charge < -0.3 is 14.2 Å². The lowest BCUT2D eigenvalue weighted by atomic mass is 9.99. The fourth-order valence-electron chi connectivity index (χ4n) is 1.97. The van der Waals surface area contributed by atoms with Crippen molar-refractivity contribution in [2.45, 2.75) is 63.0 Å². The number of ether oxygens (including phenoxy) is 3. The first-order valence-electron chi connectivity index (χ1n) is 6.72. The van der Waals surface area contributed by atoms with E-state index in [1.807, 2.05) is 6.92 Å². The third kappa shape index (κ3) is 4.04. The molecule has 3 nitrogen and oxygen atoms in total. The fourth-order valence-corrected chi connectivity index (χ4v) is 1.97. The van der Waals surface area contributed by atoms with E-state index in [1.54, 1.807) is 0 Å². The van der Waals surface area contributed by atoms with E-state index in [1.165, 1.54) is 0 Å². The third-order valence-electron chi connectivity index (χ3n) is 3.31. The maximum Gasteiger partial charge on any atom is 0.392 e. The molecule has 0 heterocycles. The van der Waals surface area contributed by atoms with Gasteiger partial charge in [0.1, 0.15) is 0 Å². The third-order valence-corrected chi connectivity index (χ3v) is 3.31. The number of hydrogen-bond donors (Lipinski definition) is 0. The first-order valence-corrected chi connectivity index (χ1v) is 6.72. The summed E-state index contributed by atoms with van der Waals surface area (Å²) in [7, 11) is 2.14. The van der Waals surface area contributed by atoms with E-state index in [9.17, 15) is 22.0 Å². The molecule has 0 saturated carbocycles. The number of hydrogen-bond acceptors (Lipinski definition) is 3. The van der Waals surface area contributed by atoms with Crippen LogP contribution in [-0.2, 0) is 14.2 Å². The van der Waals surface area contributed by atoms with Gasteiger partial charge in [-0.25, -0.2) is 4.39 Å². The summed E-state index contributed by atoms with van der Waals surface area (Å²) >= 11 is 0. The maximum absolute atomic E-state index is 14.0. The molecule has 0 aromatic heterocycles. The topological polar surface area (TPSA) is 27.7 Å². The minimum atomic E-state index is -5.00. The second kappa shape index (κ2) is 8.24. The summed E-state index contributed by atoms with van der Waals surface area (Å²) in [6, 6.07) is 0. The molecule has 0 fully saturated rings. The van der Waals surface area contributed by atoms with Crippen LogP contribution in [-0.4, -0.2) is 45.3 Å². The highest BCUT2D eigenvalue weighted by atomic mass is 19.3. The van der Waals surface area contributed by atoms with Crippen LogP contribution in [0.5, 0.6) is 0 Å². The lowest BCUT2D eigenvalue weighted by Gasteiger charge is -2.40. The van der Waals surface area contributed by atoms with Gasteiger partial charge in [-0.05, 0) is 6.42 Å². The lowest BCUT2D eigenvalue weighted by molar-refractivity contribution is -0.470. The van der Waals surface area contributed by atoms with Gasteiger partial charge in [0.05, 0.1) is 0 Å². The molecule has 128 valence electrons. The Morgan fingerprint density at radius 2 is 1.33 bits per heavy atom. The van der Waals surface area contributed by atoms with Crippen LogP contribution >= 0.6 is 0 Å². The van der Waals surface area contributed by atoms with Crippen molar-refractivity contribution in [2.24, 2.45) is 0 Å². The molecule has 0 rings (SSSR count). The molecule has 0 spiro atoms. The fraction of sp³-hybridized carbons (Fsp3) is 1.00. The van der Waals surface area contributed by atoms with Crippen molar-refractivity contribution >= 4 is 0 Å². The molecule has 0 N–H and O–H groups in total. The summed E-state index contributed by atoms with van der Waals surface area (Å²) < 4.78 is 81.9. The minimum absolute atomic E-state index is 0.0978. The van der Waals surface area contributed by atoms with Gasteiger partial charge in [0, 0.05) is 21.3 Å². The van der Waals surface area contributed by atoms with Crippen molar-refractivity contribution in [3.8, 4) is 0 Å². The average Bonchev–Trinajstić information content (AvgIpc) is 2.45. The second-order valence-corrected chi connectivity index (χ2v) is 4.68. The van der Waals surface area contributed by atoms with Crippen molar-refractivity contribution in [3.05, 3.63) is 0 Å². The van der Waals surface area contributed by atoms with Gasteiger partial charge in [0.2, 0.25) is 0 Å². The summed E-state index contributed by atoms with van der Waals surface area (Å²) in [5, 5.41) is 0. The van der Waals surface area contributed by atoms with Crippen LogP contribution in [0.3, 0.4) is 0 Å². The van der Waals surface area contributed by atoms with Gasteiger partial charge in [-0.1, -0.05) is 32.6 Å². The van der Waals surface area contributed by atoms with E-state index in [-0.39, 0.29) is 6.42 Å². The van der Waals surface area contributed by atoms with E-state index < -0.39 is 30.4 Å². The zero-order chi connectivity index (χ0) is 16.7. The van der Waals surface area contributed by atoms with E-state index in [0.29, 0.717) is 27.8 Å². The minimum Gasteiger partial charge on any atom is -0.326 e. The van der Waals surface area contributed by atoms with Gasteiger partial charge >= 0.3 is 17.8 Å². The highest BCUT2D eigenvalue weighted by Gasteiger charge is 2.74. The van der Waals surface area contributed by atoms with Crippen LogP contribution in [0.2, 0.25) is 0 Å². The van der Waals surface area contributed by atoms with Crippen molar-refractivity contribution < 1.29 is 36.2 Å². The molecule has 0 amide bonds. The molecule has 0 aromatic carbocycles.